The number of rotatable bonds is 8. The molecule has 0 aromatic heterocycles. The summed E-state index contributed by atoms with van der Waals surface area (Å²) >= 11 is 0. The highest BCUT2D eigenvalue weighted by Crippen LogP contribution is 2.46. The third-order valence-corrected chi connectivity index (χ3v) is 5.15. The lowest BCUT2D eigenvalue weighted by molar-refractivity contribution is 0.176. The molecule has 150 valence electrons. The van der Waals surface area contributed by atoms with Crippen LogP contribution in [0.1, 0.15) is 44.6 Å². The molecule has 0 spiro atoms. The molecule has 1 aliphatic carbocycles. The van der Waals surface area contributed by atoms with Crippen LogP contribution in [0.3, 0.4) is 0 Å². The molecule has 0 heterocycles. The Kier molecular flexibility index (Phi) is 6.82. The topological polar surface area (TPSA) is 33.0 Å². The Hall–Kier alpha value is -2.93. The van der Waals surface area contributed by atoms with Crippen LogP contribution in [0.5, 0.6) is 5.75 Å². The molecule has 0 aliphatic heterocycles. The minimum Gasteiger partial charge on any atom is -0.494 e. The van der Waals surface area contributed by atoms with Gasteiger partial charge in [0.1, 0.15) is 11.8 Å². The molecule has 2 aromatic carbocycles. The van der Waals surface area contributed by atoms with Crippen molar-refractivity contribution in [3.05, 3.63) is 77.6 Å². The van der Waals surface area contributed by atoms with E-state index in [4.69, 9.17) is 10.00 Å². The number of halogens is 2. The van der Waals surface area contributed by atoms with Gasteiger partial charge in [-0.3, -0.25) is 0 Å². The first-order chi connectivity index (χ1) is 14.1. The molecular formula is C25H25F2NO. The number of hydrogen-bond donors (Lipinski definition) is 0. The zero-order chi connectivity index (χ0) is 20.7. The van der Waals surface area contributed by atoms with Crippen LogP contribution in [0.4, 0.5) is 8.78 Å². The van der Waals surface area contributed by atoms with Gasteiger partial charge in [-0.05, 0) is 35.8 Å². The van der Waals surface area contributed by atoms with Crippen LogP contribution in [-0.2, 0) is 5.67 Å². The smallest absolute Gasteiger partial charge is 0.192 e. The molecule has 4 heteroatoms. The summed E-state index contributed by atoms with van der Waals surface area (Å²) in [5.74, 6) is -0.322. The number of hydrogen-bond acceptors (Lipinski definition) is 2. The van der Waals surface area contributed by atoms with E-state index >= 15 is 4.39 Å². The number of unbranched alkanes of at least 4 members (excludes halogenated alkanes) is 3. The van der Waals surface area contributed by atoms with Crippen LogP contribution in [0.15, 0.2) is 72.1 Å². The Morgan fingerprint density at radius 2 is 1.93 bits per heavy atom. The van der Waals surface area contributed by atoms with Gasteiger partial charge in [-0.1, -0.05) is 68.7 Å². The maximum atomic E-state index is 15.8. The molecular weight excluding hydrogens is 368 g/mol. The normalized spacial score (nSPS) is 18.6. The third-order valence-electron chi connectivity index (χ3n) is 5.15. The average molecular weight is 393 g/mol. The van der Waals surface area contributed by atoms with Crippen molar-refractivity contribution in [3.63, 3.8) is 0 Å². The number of nitriles is 1. The van der Waals surface area contributed by atoms with Crippen molar-refractivity contribution in [2.75, 3.05) is 6.61 Å². The van der Waals surface area contributed by atoms with Crippen molar-refractivity contribution in [3.8, 4) is 22.9 Å². The second-order valence-corrected chi connectivity index (χ2v) is 7.23. The molecule has 0 fully saturated rings. The number of benzene rings is 2. The fourth-order valence-corrected chi connectivity index (χ4v) is 3.58. The summed E-state index contributed by atoms with van der Waals surface area (Å²) in [7, 11) is 0. The summed E-state index contributed by atoms with van der Waals surface area (Å²) in [5, 5.41) is 9.12. The van der Waals surface area contributed by atoms with E-state index in [9.17, 15) is 4.39 Å². The lowest BCUT2D eigenvalue weighted by Crippen LogP contribution is -2.24. The van der Waals surface area contributed by atoms with Gasteiger partial charge in [-0.25, -0.2) is 8.78 Å². The van der Waals surface area contributed by atoms with Crippen LogP contribution < -0.4 is 4.74 Å². The number of ether oxygens (including phenoxy) is 1. The lowest BCUT2D eigenvalue weighted by Gasteiger charge is -2.28. The number of nitrogens with zero attached hydrogens (tertiary/aromatic N) is 1. The predicted molar refractivity (Wildman–Crippen MR) is 112 cm³/mol. The lowest BCUT2D eigenvalue weighted by atomic mass is 9.81. The van der Waals surface area contributed by atoms with Crippen molar-refractivity contribution in [2.45, 2.75) is 44.7 Å². The van der Waals surface area contributed by atoms with Crippen LogP contribution in [0, 0.1) is 11.3 Å². The largest absolute Gasteiger partial charge is 0.494 e. The number of allylic oxidation sites excluding steroid dienone is 4. The molecule has 0 bridgehead atoms. The molecule has 1 aliphatic rings. The van der Waals surface area contributed by atoms with Crippen LogP contribution >= 0.6 is 0 Å². The fraction of sp³-hybridized carbons (Fsp3) is 0.320. The predicted octanol–water partition coefficient (Wildman–Crippen LogP) is 7.18. The van der Waals surface area contributed by atoms with E-state index in [-0.39, 0.29) is 17.6 Å². The third kappa shape index (κ3) is 4.56. The maximum absolute atomic E-state index is 15.8. The van der Waals surface area contributed by atoms with Crippen LogP contribution in [0.25, 0.3) is 11.1 Å². The molecule has 2 aromatic rings. The van der Waals surface area contributed by atoms with Crippen molar-refractivity contribution in [1.82, 2.24) is 0 Å². The highest BCUT2D eigenvalue weighted by Gasteiger charge is 2.41. The minimum absolute atomic E-state index is 0.144. The van der Waals surface area contributed by atoms with E-state index in [0.717, 1.165) is 18.4 Å². The van der Waals surface area contributed by atoms with Gasteiger partial charge in [0, 0.05) is 12.0 Å². The Bertz CT molecular complexity index is 957. The van der Waals surface area contributed by atoms with Gasteiger partial charge in [-0.15, -0.1) is 0 Å². The van der Waals surface area contributed by atoms with Gasteiger partial charge in [-0.2, -0.15) is 5.26 Å². The quantitative estimate of drug-likeness (QED) is 0.445. The van der Waals surface area contributed by atoms with Gasteiger partial charge in [0.15, 0.2) is 11.5 Å². The van der Waals surface area contributed by atoms with E-state index in [2.05, 4.69) is 6.92 Å². The van der Waals surface area contributed by atoms with E-state index in [1.54, 1.807) is 30.3 Å². The van der Waals surface area contributed by atoms with Gasteiger partial charge >= 0.3 is 0 Å². The number of alkyl halides is 1. The minimum atomic E-state index is -2.35. The molecule has 0 radical (unpaired) electrons. The monoisotopic (exact) mass is 393 g/mol. The summed E-state index contributed by atoms with van der Waals surface area (Å²) < 4.78 is 36.5. The first kappa shape index (κ1) is 20.8. The summed E-state index contributed by atoms with van der Waals surface area (Å²) in [6.07, 6.45) is 7.18. The second-order valence-electron chi connectivity index (χ2n) is 7.23. The zero-order valence-electron chi connectivity index (χ0n) is 16.6. The standard InChI is InChI=1S/C25H25F2NO/c1-2-3-4-7-16-29-21-12-8-10-19(17-21)22-13-5-6-14-23(22)25(27)15-9-11-20(18-28)24(25)26/h5-6,8-14,17H,2-4,7,15-16H2,1H3. The molecule has 0 N–H and O–H groups in total. The first-order valence-corrected chi connectivity index (χ1v) is 10.1. The van der Waals surface area contributed by atoms with Crippen molar-refractivity contribution in [2.24, 2.45) is 0 Å². The van der Waals surface area contributed by atoms with Crippen molar-refractivity contribution < 1.29 is 13.5 Å². The van der Waals surface area contributed by atoms with Crippen LogP contribution in [0.2, 0.25) is 0 Å². The molecule has 0 saturated heterocycles. The molecule has 29 heavy (non-hydrogen) atoms. The van der Waals surface area contributed by atoms with Gasteiger partial charge in [0.25, 0.3) is 0 Å². The summed E-state index contributed by atoms with van der Waals surface area (Å²) in [6.45, 7) is 2.80. The van der Waals surface area contributed by atoms with E-state index in [1.807, 2.05) is 24.3 Å². The van der Waals surface area contributed by atoms with Crippen molar-refractivity contribution in [1.29, 1.82) is 5.26 Å². The first-order valence-electron chi connectivity index (χ1n) is 10.1. The second kappa shape index (κ2) is 9.52. The maximum Gasteiger partial charge on any atom is 0.192 e. The van der Waals surface area contributed by atoms with E-state index < -0.39 is 11.5 Å². The highest BCUT2D eigenvalue weighted by atomic mass is 19.2. The van der Waals surface area contributed by atoms with Crippen molar-refractivity contribution >= 4 is 0 Å². The Morgan fingerprint density at radius 1 is 1.10 bits per heavy atom. The van der Waals surface area contributed by atoms with E-state index in [0.29, 0.717) is 17.9 Å². The fourth-order valence-electron chi connectivity index (χ4n) is 3.58. The summed E-state index contributed by atoms with van der Waals surface area (Å²) in [6, 6.07) is 16.0. The van der Waals surface area contributed by atoms with E-state index in [1.165, 1.54) is 25.0 Å². The summed E-state index contributed by atoms with van der Waals surface area (Å²) in [4.78, 5) is 0. The average Bonchev–Trinajstić information content (AvgIpc) is 2.76. The highest BCUT2D eigenvalue weighted by molar-refractivity contribution is 5.71. The molecule has 0 saturated carbocycles. The molecule has 1 unspecified atom stereocenters. The molecule has 3 rings (SSSR count). The van der Waals surface area contributed by atoms with Gasteiger partial charge in [0.2, 0.25) is 0 Å². The van der Waals surface area contributed by atoms with Gasteiger partial charge in [0.05, 0.1) is 12.2 Å². The Morgan fingerprint density at radius 3 is 2.72 bits per heavy atom. The molecule has 0 amide bonds. The Balaban J connectivity index is 1.90. The SMILES string of the molecule is CCCCCCOc1cccc(-c2ccccc2C2(F)CC=CC(C#N)=C2F)c1. The zero-order valence-corrected chi connectivity index (χ0v) is 16.6. The Labute approximate surface area is 171 Å². The molecule has 1 atom stereocenters. The molecule has 2 nitrogen and oxygen atoms in total. The van der Waals surface area contributed by atoms with Crippen LogP contribution in [-0.4, -0.2) is 6.61 Å². The van der Waals surface area contributed by atoms with Gasteiger partial charge < -0.3 is 4.74 Å². The summed E-state index contributed by atoms with van der Waals surface area (Å²) in [5.41, 5.74) is -1.06.